The molecule has 1 fully saturated rings. The van der Waals surface area contributed by atoms with Gasteiger partial charge in [-0.3, -0.25) is 0 Å². The SMILES string of the molecule is [3H]C1CC(O)C(COC(c2ccccc2)(c2ccc(OCC/C=C/C=C)cc2)c2ccc(OCC/C=C/C=C)cc2)O1. The molecule has 0 bridgehead atoms. The van der Waals surface area contributed by atoms with Crippen molar-refractivity contribution in [2.24, 2.45) is 0 Å². The fraction of sp³-hybridized carbons (Fsp3) is 0.278. The number of benzene rings is 3. The van der Waals surface area contributed by atoms with Crippen LogP contribution in [0.15, 0.2) is 128 Å². The molecule has 1 N–H and O–H groups in total. The maximum atomic E-state index is 10.5. The van der Waals surface area contributed by atoms with Crippen LogP contribution in [-0.4, -0.2) is 43.7 Å². The molecule has 1 aliphatic heterocycles. The number of hydrogen-bond donors (Lipinski definition) is 1. The van der Waals surface area contributed by atoms with Crippen molar-refractivity contribution >= 4 is 0 Å². The van der Waals surface area contributed by atoms with Crippen LogP contribution in [0.25, 0.3) is 0 Å². The molecule has 5 heteroatoms. The molecule has 0 saturated carbocycles. The second-order valence-electron chi connectivity index (χ2n) is 9.65. The van der Waals surface area contributed by atoms with Crippen molar-refractivity contribution in [3.63, 3.8) is 0 Å². The molecule has 214 valence electrons. The van der Waals surface area contributed by atoms with Crippen molar-refractivity contribution in [2.45, 2.75) is 37.1 Å². The van der Waals surface area contributed by atoms with E-state index in [0.29, 0.717) is 13.2 Å². The standard InChI is InChI=1S/C36H40O5/c1-3-5-7-12-25-38-32-20-16-30(17-21-32)36(29-14-10-9-11-15-29,41-28-35-34(37)24-27-40-35)31-18-22-33(23-19-31)39-26-13-8-6-4-2/h3-11,14-23,34-35,37H,1-2,12-13,24-28H2/b7-5+,8-6+/i27T. The number of hydrogen-bond acceptors (Lipinski definition) is 5. The van der Waals surface area contributed by atoms with E-state index in [1.165, 1.54) is 0 Å². The first-order valence-electron chi connectivity index (χ1n) is 14.6. The second-order valence-corrected chi connectivity index (χ2v) is 9.65. The van der Waals surface area contributed by atoms with Gasteiger partial charge in [-0.2, -0.15) is 0 Å². The lowest BCUT2D eigenvalue weighted by atomic mass is 9.80. The predicted octanol–water partition coefficient (Wildman–Crippen LogP) is 7.17. The highest BCUT2D eigenvalue weighted by molar-refractivity contribution is 5.49. The van der Waals surface area contributed by atoms with Crippen molar-refractivity contribution in [3.8, 4) is 11.5 Å². The van der Waals surface area contributed by atoms with Crippen LogP contribution in [-0.2, 0) is 15.1 Å². The van der Waals surface area contributed by atoms with Crippen LogP contribution in [0.1, 0.15) is 37.3 Å². The molecule has 41 heavy (non-hydrogen) atoms. The Labute approximate surface area is 245 Å². The Hall–Kier alpha value is -3.90. The van der Waals surface area contributed by atoms with Crippen molar-refractivity contribution in [2.75, 3.05) is 26.4 Å². The minimum Gasteiger partial charge on any atom is -0.493 e. The third kappa shape index (κ3) is 8.08. The van der Waals surface area contributed by atoms with Crippen LogP contribution >= 0.6 is 0 Å². The molecule has 5 nitrogen and oxygen atoms in total. The van der Waals surface area contributed by atoms with Gasteiger partial charge in [0.2, 0.25) is 0 Å². The first-order valence-corrected chi connectivity index (χ1v) is 14.0. The highest BCUT2D eigenvalue weighted by Gasteiger charge is 2.40. The van der Waals surface area contributed by atoms with Crippen LogP contribution in [0.3, 0.4) is 0 Å². The minimum atomic E-state index is -1.03. The van der Waals surface area contributed by atoms with E-state index >= 15 is 0 Å². The average Bonchev–Trinajstić information content (AvgIpc) is 3.35. The highest BCUT2D eigenvalue weighted by atomic mass is 16.6. The predicted molar refractivity (Wildman–Crippen MR) is 164 cm³/mol. The van der Waals surface area contributed by atoms with Crippen LogP contribution in [0.4, 0.5) is 0 Å². The van der Waals surface area contributed by atoms with Crippen molar-refractivity contribution < 1.29 is 25.4 Å². The largest absolute Gasteiger partial charge is 0.493 e. The summed E-state index contributed by atoms with van der Waals surface area (Å²) < 4.78 is 32.4. The summed E-state index contributed by atoms with van der Waals surface area (Å²) in [5.41, 5.74) is 1.68. The van der Waals surface area contributed by atoms with Gasteiger partial charge in [-0.25, -0.2) is 0 Å². The summed E-state index contributed by atoms with van der Waals surface area (Å²) >= 11 is 0. The van der Waals surface area contributed by atoms with E-state index in [0.717, 1.165) is 41.0 Å². The maximum Gasteiger partial charge on any atom is 0.143 e. The van der Waals surface area contributed by atoms with Crippen molar-refractivity contribution in [3.05, 3.63) is 145 Å². The summed E-state index contributed by atoms with van der Waals surface area (Å²) in [4.78, 5) is 0. The quantitative estimate of drug-likeness (QED) is 0.116. The minimum absolute atomic E-state index is 0.104. The molecule has 0 amide bonds. The second kappa shape index (κ2) is 15.8. The van der Waals surface area contributed by atoms with Crippen LogP contribution < -0.4 is 9.47 Å². The molecule has 1 saturated heterocycles. The Morgan fingerprint density at radius 2 is 1.32 bits per heavy atom. The lowest BCUT2D eigenvalue weighted by Gasteiger charge is -2.37. The maximum absolute atomic E-state index is 10.5. The Bertz CT molecular complexity index is 1230. The highest BCUT2D eigenvalue weighted by Crippen LogP contribution is 2.42. The van der Waals surface area contributed by atoms with Crippen molar-refractivity contribution in [1.29, 1.82) is 0 Å². The average molecular weight is 555 g/mol. The van der Waals surface area contributed by atoms with Gasteiger partial charge in [-0.05, 0) is 60.2 Å². The Morgan fingerprint density at radius 3 is 1.78 bits per heavy atom. The van der Waals surface area contributed by atoms with Crippen LogP contribution in [0.2, 0.25) is 0 Å². The number of aliphatic hydroxyl groups excluding tert-OH is 1. The van der Waals surface area contributed by atoms with E-state index in [1.807, 2.05) is 103 Å². The molecule has 0 radical (unpaired) electrons. The molecule has 1 heterocycles. The van der Waals surface area contributed by atoms with E-state index in [9.17, 15) is 5.11 Å². The van der Waals surface area contributed by atoms with Gasteiger partial charge in [-0.1, -0.05) is 104 Å². The Morgan fingerprint density at radius 1 is 0.805 bits per heavy atom. The lowest BCUT2D eigenvalue weighted by molar-refractivity contribution is -0.0697. The first kappa shape index (κ1) is 28.6. The zero-order valence-corrected chi connectivity index (χ0v) is 23.4. The molecule has 3 unspecified atom stereocenters. The van der Waals surface area contributed by atoms with E-state index < -0.39 is 24.4 Å². The Kier molecular flexibility index (Phi) is 11.0. The first-order chi connectivity index (χ1) is 20.6. The zero-order valence-electron chi connectivity index (χ0n) is 24.4. The number of allylic oxidation sites excluding steroid dienone is 4. The number of rotatable bonds is 16. The fourth-order valence-corrected chi connectivity index (χ4v) is 4.75. The molecule has 0 aliphatic carbocycles. The molecule has 3 aromatic carbocycles. The van der Waals surface area contributed by atoms with Gasteiger partial charge in [0.1, 0.15) is 23.2 Å². The van der Waals surface area contributed by atoms with Gasteiger partial charge in [-0.15, -0.1) is 0 Å². The summed E-state index contributed by atoms with van der Waals surface area (Å²) in [6.45, 7) is 7.83. The van der Waals surface area contributed by atoms with E-state index in [-0.39, 0.29) is 13.0 Å². The van der Waals surface area contributed by atoms with Crippen LogP contribution in [0, 0.1) is 0 Å². The molecular formula is C36H40O5. The van der Waals surface area contributed by atoms with Gasteiger partial charge in [0.15, 0.2) is 0 Å². The fourth-order valence-electron chi connectivity index (χ4n) is 4.75. The summed E-state index contributed by atoms with van der Waals surface area (Å²) in [6.07, 6.45) is 11.8. The molecule has 1 aliphatic rings. The topological polar surface area (TPSA) is 57.2 Å². The molecule has 4 rings (SSSR count). The third-order valence-corrected chi connectivity index (χ3v) is 6.85. The summed E-state index contributed by atoms with van der Waals surface area (Å²) in [7, 11) is 0. The molecule has 0 spiro atoms. The summed E-state index contributed by atoms with van der Waals surface area (Å²) in [5, 5.41) is 10.5. The summed E-state index contributed by atoms with van der Waals surface area (Å²) in [6, 6.07) is 25.8. The Balaban J connectivity index is 1.67. The molecular weight excluding hydrogens is 512 g/mol. The van der Waals surface area contributed by atoms with E-state index in [1.54, 1.807) is 12.2 Å². The number of ether oxygens (including phenoxy) is 4. The molecule has 0 aromatic heterocycles. The lowest BCUT2D eigenvalue weighted by Crippen LogP contribution is -2.38. The smallest absolute Gasteiger partial charge is 0.143 e. The van der Waals surface area contributed by atoms with Crippen LogP contribution in [0.5, 0.6) is 11.5 Å². The zero-order chi connectivity index (χ0) is 29.6. The van der Waals surface area contributed by atoms with Crippen molar-refractivity contribution in [1.82, 2.24) is 0 Å². The van der Waals surface area contributed by atoms with Gasteiger partial charge in [0.25, 0.3) is 0 Å². The summed E-state index contributed by atoms with van der Waals surface area (Å²) in [5.74, 6) is 1.52. The molecule has 3 atom stereocenters. The number of aliphatic hydroxyl groups is 1. The van der Waals surface area contributed by atoms with Gasteiger partial charge < -0.3 is 24.1 Å². The van der Waals surface area contributed by atoms with Gasteiger partial charge in [0, 0.05) is 6.58 Å². The van der Waals surface area contributed by atoms with E-state index in [4.69, 9.17) is 20.3 Å². The normalized spacial score (nSPS) is 19.3. The molecule has 3 aromatic rings. The van der Waals surface area contributed by atoms with Gasteiger partial charge in [0.05, 0.1) is 27.3 Å². The van der Waals surface area contributed by atoms with E-state index in [2.05, 4.69) is 13.2 Å². The monoisotopic (exact) mass is 554 g/mol. The third-order valence-electron chi connectivity index (χ3n) is 6.85. The van der Waals surface area contributed by atoms with Gasteiger partial charge >= 0.3 is 0 Å².